The average molecular weight is 200 g/mol. The molecule has 0 aliphatic carbocycles. The van der Waals surface area contributed by atoms with E-state index in [0.29, 0.717) is 0 Å². The Kier molecular flexibility index (Phi) is 13.1. The van der Waals surface area contributed by atoms with Crippen molar-refractivity contribution in [1.82, 2.24) is 0 Å². The van der Waals surface area contributed by atoms with Crippen molar-refractivity contribution in [2.24, 2.45) is 0 Å². The van der Waals surface area contributed by atoms with Gasteiger partial charge in [0.05, 0.1) is 0 Å². The van der Waals surface area contributed by atoms with Crippen molar-refractivity contribution in [2.75, 3.05) is 0 Å². The van der Waals surface area contributed by atoms with Crippen LogP contribution in [0.3, 0.4) is 0 Å². The zero-order valence-corrected chi connectivity index (χ0v) is 9.77. The first-order valence-corrected chi connectivity index (χ1v) is 2.35. The third-order valence-corrected chi connectivity index (χ3v) is 0. The van der Waals surface area contributed by atoms with Gasteiger partial charge in [-0.15, -0.1) is 0 Å². The quantitative estimate of drug-likeness (QED) is 0.270. The van der Waals surface area contributed by atoms with Crippen molar-refractivity contribution in [2.45, 2.75) is 0 Å². The van der Waals surface area contributed by atoms with E-state index in [1.54, 1.807) is 0 Å². The van der Waals surface area contributed by atoms with Gasteiger partial charge in [0, 0.05) is 0 Å². The summed E-state index contributed by atoms with van der Waals surface area (Å²) in [5.74, 6) is 0. The normalized spacial score (nSPS) is 8.43. The van der Waals surface area contributed by atoms with Crippen LogP contribution in [0.2, 0.25) is 0 Å². The first kappa shape index (κ1) is 15.9. The molecule has 0 fully saturated rings. The molecule has 0 saturated carbocycles. The molecular weight excluding hydrogens is 193 g/mol. The second-order valence-corrected chi connectivity index (χ2v) is 1.54. The van der Waals surface area contributed by atoms with Crippen LogP contribution >= 0.6 is 7.82 Å². The molecule has 0 bridgehead atoms. The molecule has 0 saturated heterocycles. The standard InChI is InChI=1S/AsH3.Na.H3O4P.H/c;;1-5(2,3)4;/h1H3;;(H3,1,2,3,4);/q;+1;;-1. The van der Waals surface area contributed by atoms with Crippen molar-refractivity contribution in [1.29, 1.82) is 0 Å². The largest absolute Gasteiger partial charge is 1.00 e. The Morgan fingerprint density at radius 2 is 1.29 bits per heavy atom. The van der Waals surface area contributed by atoms with Gasteiger partial charge < -0.3 is 16.1 Å². The molecule has 0 radical (unpaired) electrons. The summed E-state index contributed by atoms with van der Waals surface area (Å²) in [5, 5.41) is 0. The van der Waals surface area contributed by atoms with Gasteiger partial charge in [-0.3, -0.25) is 0 Å². The fraction of sp³-hybridized carbons (Fsp3) is 0. The molecule has 1 atom stereocenters. The summed E-state index contributed by atoms with van der Waals surface area (Å²) in [4.78, 5) is 21.6. The molecule has 0 aliphatic rings. The molecule has 3 N–H and O–H groups in total. The third-order valence-electron chi connectivity index (χ3n) is 0. The number of hydrogen-bond acceptors (Lipinski definition) is 1. The van der Waals surface area contributed by atoms with Crippen molar-refractivity contribution >= 4 is 25.8 Å². The number of phosphoric acid groups is 1. The van der Waals surface area contributed by atoms with E-state index in [0.717, 1.165) is 0 Å². The molecule has 7 heteroatoms. The van der Waals surface area contributed by atoms with Crippen LogP contribution in [0, 0.1) is 0 Å². The van der Waals surface area contributed by atoms with Gasteiger partial charge in [0.1, 0.15) is 0 Å². The molecule has 0 rings (SSSR count). The predicted octanol–water partition coefficient (Wildman–Crippen LogP) is -5.00. The van der Waals surface area contributed by atoms with Crippen molar-refractivity contribution < 1.29 is 50.2 Å². The summed E-state index contributed by atoms with van der Waals surface area (Å²) < 4.78 is 8.88. The van der Waals surface area contributed by atoms with Crippen LogP contribution in [0.15, 0.2) is 0 Å². The minimum Gasteiger partial charge on any atom is -1.00 e. The second kappa shape index (κ2) is 5.80. The zero-order valence-electron chi connectivity index (χ0n) is 4.90. The van der Waals surface area contributed by atoms with Gasteiger partial charge in [-0.25, -0.2) is 4.57 Å². The van der Waals surface area contributed by atoms with E-state index in [1.807, 2.05) is 0 Å². The maximum Gasteiger partial charge on any atom is 1.00 e. The monoisotopic (exact) mass is 200 g/mol. The molecule has 42 valence electrons. The van der Waals surface area contributed by atoms with Gasteiger partial charge in [0.15, 0.2) is 0 Å². The Morgan fingerprint density at radius 3 is 1.29 bits per heavy atom. The van der Waals surface area contributed by atoms with E-state index in [4.69, 9.17) is 19.2 Å². The molecule has 0 aromatic rings. The molecular formula is H7AsNaO4P. The van der Waals surface area contributed by atoms with E-state index < -0.39 is 7.82 Å². The molecule has 4 nitrogen and oxygen atoms in total. The molecule has 7 heavy (non-hydrogen) atoms. The van der Waals surface area contributed by atoms with Gasteiger partial charge in [-0.1, -0.05) is 0 Å². The molecule has 0 aromatic carbocycles. The topological polar surface area (TPSA) is 77.8 Å². The third kappa shape index (κ3) is 88.5. The minimum atomic E-state index is -4.64. The summed E-state index contributed by atoms with van der Waals surface area (Å²) in [6, 6.07) is 0. The van der Waals surface area contributed by atoms with E-state index in [1.165, 1.54) is 0 Å². The maximum atomic E-state index is 8.88. The van der Waals surface area contributed by atoms with Crippen LogP contribution in [0.1, 0.15) is 1.43 Å². The summed E-state index contributed by atoms with van der Waals surface area (Å²) in [5.41, 5.74) is 0. The van der Waals surface area contributed by atoms with Crippen molar-refractivity contribution in [3.05, 3.63) is 0 Å². The van der Waals surface area contributed by atoms with Crippen LogP contribution in [0.4, 0.5) is 0 Å². The van der Waals surface area contributed by atoms with Crippen LogP contribution in [0.5, 0.6) is 0 Å². The summed E-state index contributed by atoms with van der Waals surface area (Å²) in [6.07, 6.45) is 0. The van der Waals surface area contributed by atoms with Crippen molar-refractivity contribution in [3.63, 3.8) is 0 Å². The van der Waals surface area contributed by atoms with E-state index in [2.05, 4.69) is 0 Å². The van der Waals surface area contributed by atoms with E-state index in [9.17, 15) is 0 Å². The van der Waals surface area contributed by atoms with Crippen molar-refractivity contribution in [3.8, 4) is 0 Å². The Hall–Kier alpha value is 1.67. The fourth-order valence-electron chi connectivity index (χ4n) is 0. The Morgan fingerprint density at radius 1 is 1.29 bits per heavy atom. The SMILES string of the molecule is O=P(O)(O)O.[AsH3].[H-].[Na+]. The summed E-state index contributed by atoms with van der Waals surface area (Å²) >= 11 is 0. The Bertz CT molecular complexity index is 62.2. The van der Waals surface area contributed by atoms with Gasteiger partial charge in [-0.05, 0) is 0 Å². The maximum absolute atomic E-state index is 8.88. The van der Waals surface area contributed by atoms with Gasteiger partial charge in [0.25, 0.3) is 0 Å². The molecule has 0 aromatic heterocycles. The van der Waals surface area contributed by atoms with Crippen LogP contribution < -0.4 is 29.6 Å². The molecule has 0 aliphatic heterocycles. The van der Waals surface area contributed by atoms with Gasteiger partial charge in [0.2, 0.25) is 0 Å². The number of hydrogen-bond donors (Lipinski definition) is 3. The number of rotatable bonds is 0. The molecule has 0 heterocycles. The molecule has 0 amide bonds. The van der Waals surface area contributed by atoms with Crippen LogP contribution in [-0.4, -0.2) is 32.6 Å². The second-order valence-electron chi connectivity index (χ2n) is 0.513. The molecule has 1 unspecified atom stereocenters. The smallest absolute Gasteiger partial charge is 1.00 e. The average Bonchev–Trinajstić information content (AvgIpc) is 0.722. The first-order chi connectivity index (χ1) is 2.00. The molecule has 0 spiro atoms. The summed E-state index contributed by atoms with van der Waals surface area (Å²) in [6.45, 7) is 0. The van der Waals surface area contributed by atoms with Gasteiger partial charge >= 0.3 is 55.3 Å². The fourth-order valence-corrected chi connectivity index (χ4v) is 0. The van der Waals surface area contributed by atoms with Gasteiger partial charge in [-0.2, -0.15) is 0 Å². The van der Waals surface area contributed by atoms with E-state index in [-0.39, 0.29) is 48.9 Å². The Labute approximate surface area is 75.6 Å². The Balaban J connectivity index is -0.0000000267. The zero-order chi connectivity index (χ0) is 4.50. The van der Waals surface area contributed by atoms with Crippen LogP contribution in [-0.2, 0) is 4.57 Å². The van der Waals surface area contributed by atoms with Crippen LogP contribution in [0.25, 0.3) is 0 Å². The minimum absolute atomic E-state index is 0. The first-order valence-electron chi connectivity index (χ1n) is 0.783. The summed E-state index contributed by atoms with van der Waals surface area (Å²) in [7, 11) is -4.64. The van der Waals surface area contributed by atoms with E-state index >= 15 is 0 Å². The predicted molar refractivity (Wildman–Crippen MR) is 25.3 cm³/mol.